The van der Waals surface area contributed by atoms with Gasteiger partial charge in [-0.2, -0.15) is 0 Å². The molecule has 0 atom stereocenters. The fraction of sp³-hybridized carbons (Fsp3) is 0.400. The number of aromatic hydroxyl groups is 1. The van der Waals surface area contributed by atoms with E-state index >= 15 is 0 Å². The molecule has 0 spiro atoms. The Balaban J connectivity index is 1.45. The molecule has 2 aromatic carbocycles. The summed E-state index contributed by atoms with van der Waals surface area (Å²) >= 11 is 0. The summed E-state index contributed by atoms with van der Waals surface area (Å²) in [6.45, 7) is 4.96. The minimum atomic E-state index is -0.157. The van der Waals surface area contributed by atoms with Crippen LogP contribution >= 0.6 is 0 Å². The second-order valence-electron chi connectivity index (χ2n) is 7.30. The van der Waals surface area contributed by atoms with Crippen LogP contribution in [0.25, 0.3) is 0 Å². The van der Waals surface area contributed by atoms with Crippen LogP contribution in [-0.4, -0.2) is 50.6 Å². The summed E-state index contributed by atoms with van der Waals surface area (Å²) in [4.78, 5) is 4.44. The molecule has 0 radical (unpaired) electrons. The van der Waals surface area contributed by atoms with Gasteiger partial charge in [0.15, 0.2) is 0 Å². The topological polar surface area (TPSA) is 38.7 Å². The van der Waals surface area contributed by atoms with E-state index in [1.54, 1.807) is 6.07 Å². The van der Waals surface area contributed by atoms with Gasteiger partial charge in [-0.3, -0.25) is 4.90 Å². The predicted octanol–water partition coefficient (Wildman–Crippen LogP) is 1.47. The van der Waals surface area contributed by atoms with Crippen molar-refractivity contribution in [2.24, 2.45) is 0 Å². The van der Waals surface area contributed by atoms with E-state index in [2.05, 4.69) is 29.0 Å². The van der Waals surface area contributed by atoms with Crippen molar-refractivity contribution in [1.82, 2.24) is 4.90 Å². The number of phenols is 1. The SMILES string of the molecule is Bc1cc(CN2CCN(c3ccccc3F)CC2)c(O)c2c1CCCN2. The maximum absolute atomic E-state index is 14.0. The number of nitrogens with zero attached hydrogens (tertiary/aromatic N) is 2. The van der Waals surface area contributed by atoms with E-state index in [4.69, 9.17) is 0 Å². The number of anilines is 2. The number of benzene rings is 2. The van der Waals surface area contributed by atoms with Gasteiger partial charge in [0, 0.05) is 44.8 Å². The third-order valence-corrected chi connectivity index (χ3v) is 5.57. The summed E-state index contributed by atoms with van der Waals surface area (Å²) in [5.74, 6) is 0.247. The van der Waals surface area contributed by atoms with Crippen molar-refractivity contribution < 1.29 is 9.50 Å². The first-order valence-electron chi connectivity index (χ1n) is 9.43. The number of hydrogen-bond acceptors (Lipinski definition) is 4. The van der Waals surface area contributed by atoms with E-state index < -0.39 is 0 Å². The largest absolute Gasteiger partial charge is 0.505 e. The first kappa shape index (κ1) is 17.2. The third kappa shape index (κ3) is 3.26. The van der Waals surface area contributed by atoms with Crippen LogP contribution < -0.4 is 15.7 Å². The minimum Gasteiger partial charge on any atom is -0.505 e. The Hall–Kier alpha value is -2.21. The van der Waals surface area contributed by atoms with Crippen molar-refractivity contribution in [3.8, 4) is 5.75 Å². The van der Waals surface area contributed by atoms with Crippen LogP contribution in [0.4, 0.5) is 15.8 Å². The molecule has 1 fully saturated rings. The van der Waals surface area contributed by atoms with Gasteiger partial charge in [-0.15, -0.1) is 0 Å². The standard InChI is InChI=1S/C20H25BFN3O/c21-16-12-14(20(26)19-15(16)4-3-7-23-19)13-24-8-10-25(11-9-24)18-6-2-1-5-17(18)22/h1-2,5-6,12,23,26H,3-4,7-11,13,21H2. The average molecular weight is 353 g/mol. The highest BCUT2D eigenvalue weighted by molar-refractivity contribution is 6.34. The lowest BCUT2D eigenvalue weighted by molar-refractivity contribution is 0.246. The van der Waals surface area contributed by atoms with Gasteiger partial charge in [0.2, 0.25) is 0 Å². The zero-order valence-electron chi connectivity index (χ0n) is 15.3. The Bertz CT molecular complexity index is 806. The molecule has 136 valence electrons. The van der Waals surface area contributed by atoms with Crippen molar-refractivity contribution in [2.45, 2.75) is 19.4 Å². The third-order valence-electron chi connectivity index (χ3n) is 5.57. The summed E-state index contributed by atoms with van der Waals surface area (Å²) in [6, 6.07) is 9.10. The number of para-hydroxylation sites is 1. The second-order valence-corrected chi connectivity index (χ2v) is 7.30. The zero-order chi connectivity index (χ0) is 18.1. The second kappa shape index (κ2) is 7.19. The lowest BCUT2D eigenvalue weighted by Gasteiger charge is -2.36. The first-order valence-corrected chi connectivity index (χ1v) is 9.43. The number of rotatable bonds is 3. The predicted molar refractivity (Wildman–Crippen MR) is 107 cm³/mol. The normalized spacial score (nSPS) is 17.7. The molecule has 2 aliphatic heterocycles. The van der Waals surface area contributed by atoms with Crippen LogP contribution in [0.15, 0.2) is 30.3 Å². The molecule has 0 saturated carbocycles. The Kier molecular flexibility index (Phi) is 4.77. The summed E-state index contributed by atoms with van der Waals surface area (Å²) < 4.78 is 14.0. The number of phenolic OH excluding ortho intramolecular Hbond substituents is 1. The Morgan fingerprint density at radius 3 is 2.69 bits per heavy atom. The van der Waals surface area contributed by atoms with Crippen molar-refractivity contribution in [3.63, 3.8) is 0 Å². The van der Waals surface area contributed by atoms with Crippen LogP contribution in [0.3, 0.4) is 0 Å². The van der Waals surface area contributed by atoms with Gasteiger partial charge in [0.1, 0.15) is 19.4 Å². The minimum absolute atomic E-state index is 0.157. The number of fused-ring (bicyclic) bond motifs is 1. The van der Waals surface area contributed by atoms with Crippen LogP contribution in [0.5, 0.6) is 5.75 Å². The van der Waals surface area contributed by atoms with E-state index in [1.807, 2.05) is 12.1 Å². The first-order chi connectivity index (χ1) is 12.6. The van der Waals surface area contributed by atoms with Gasteiger partial charge in [-0.1, -0.05) is 23.7 Å². The molecule has 6 heteroatoms. The zero-order valence-corrected chi connectivity index (χ0v) is 15.3. The highest BCUT2D eigenvalue weighted by Crippen LogP contribution is 2.34. The van der Waals surface area contributed by atoms with Crippen LogP contribution in [-0.2, 0) is 13.0 Å². The van der Waals surface area contributed by atoms with Gasteiger partial charge in [0.25, 0.3) is 0 Å². The van der Waals surface area contributed by atoms with E-state index in [0.717, 1.165) is 63.4 Å². The fourth-order valence-electron chi connectivity index (χ4n) is 4.13. The number of hydrogen-bond donors (Lipinski definition) is 2. The van der Waals surface area contributed by atoms with Gasteiger partial charge in [-0.25, -0.2) is 4.39 Å². The molecule has 0 amide bonds. The number of piperazine rings is 1. The molecule has 1 saturated heterocycles. The lowest BCUT2D eigenvalue weighted by Crippen LogP contribution is -2.46. The van der Waals surface area contributed by atoms with E-state index in [-0.39, 0.29) is 5.82 Å². The molecule has 0 bridgehead atoms. The van der Waals surface area contributed by atoms with Crippen molar-refractivity contribution >= 4 is 24.7 Å². The summed E-state index contributed by atoms with van der Waals surface area (Å²) in [6.07, 6.45) is 2.15. The maximum Gasteiger partial charge on any atom is 0.146 e. The monoisotopic (exact) mass is 353 g/mol. The average Bonchev–Trinajstić information content (AvgIpc) is 2.67. The fourth-order valence-corrected chi connectivity index (χ4v) is 4.13. The lowest BCUT2D eigenvalue weighted by atomic mass is 9.84. The van der Waals surface area contributed by atoms with Gasteiger partial charge >= 0.3 is 0 Å². The van der Waals surface area contributed by atoms with Gasteiger partial charge in [-0.05, 0) is 30.5 Å². The molecule has 0 aliphatic carbocycles. The maximum atomic E-state index is 14.0. The van der Waals surface area contributed by atoms with Crippen molar-refractivity contribution in [1.29, 1.82) is 0 Å². The smallest absolute Gasteiger partial charge is 0.146 e. The number of nitrogens with one attached hydrogen (secondary N) is 1. The van der Waals surface area contributed by atoms with E-state index in [9.17, 15) is 9.50 Å². The van der Waals surface area contributed by atoms with Crippen LogP contribution in [0.1, 0.15) is 17.5 Å². The molecular formula is C20H25BFN3O. The molecule has 2 aliphatic rings. The molecule has 2 N–H and O–H groups in total. The van der Waals surface area contributed by atoms with Crippen molar-refractivity contribution in [2.75, 3.05) is 42.9 Å². The summed E-state index contributed by atoms with van der Waals surface area (Å²) in [5, 5.41) is 14.1. The summed E-state index contributed by atoms with van der Waals surface area (Å²) in [5.41, 5.74) is 5.10. The van der Waals surface area contributed by atoms with E-state index in [0.29, 0.717) is 11.4 Å². The molecule has 4 rings (SSSR count). The van der Waals surface area contributed by atoms with Crippen molar-refractivity contribution in [3.05, 3.63) is 47.3 Å². The van der Waals surface area contributed by atoms with Gasteiger partial charge < -0.3 is 15.3 Å². The Labute approximate surface area is 155 Å². The van der Waals surface area contributed by atoms with E-state index in [1.165, 1.54) is 17.1 Å². The summed E-state index contributed by atoms with van der Waals surface area (Å²) in [7, 11) is 2.13. The Morgan fingerprint density at radius 1 is 1.15 bits per heavy atom. The quantitative estimate of drug-likeness (QED) is 0.648. The van der Waals surface area contributed by atoms with Crippen LogP contribution in [0.2, 0.25) is 0 Å². The van der Waals surface area contributed by atoms with Gasteiger partial charge in [0.05, 0.1) is 11.4 Å². The molecule has 2 aromatic rings. The Morgan fingerprint density at radius 2 is 1.92 bits per heavy atom. The molecular weight excluding hydrogens is 328 g/mol. The molecule has 4 nitrogen and oxygen atoms in total. The highest BCUT2D eigenvalue weighted by atomic mass is 19.1. The number of halogens is 1. The van der Waals surface area contributed by atoms with Crippen LogP contribution in [0, 0.1) is 5.82 Å². The molecule has 2 heterocycles. The highest BCUT2D eigenvalue weighted by Gasteiger charge is 2.23. The molecule has 26 heavy (non-hydrogen) atoms. The molecule has 0 aromatic heterocycles. The molecule has 0 unspecified atom stereocenters.